The summed E-state index contributed by atoms with van der Waals surface area (Å²) in [6.45, 7) is 1.97. The Morgan fingerprint density at radius 1 is 1.07 bits per heavy atom. The SMILES string of the molecule is Cc1ccc(C)c(OCC(=O)Nc2ccccc2C(=O)NCC(F)(F)F)c1. The highest BCUT2D eigenvalue weighted by molar-refractivity contribution is 6.04. The van der Waals surface area contributed by atoms with Gasteiger partial charge in [0.05, 0.1) is 11.3 Å². The van der Waals surface area contributed by atoms with Crippen molar-refractivity contribution in [3.63, 3.8) is 0 Å². The molecule has 27 heavy (non-hydrogen) atoms. The molecular weight excluding hydrogens is 361 g/mol. The first-order valence-corrected chi connectivity index (χ1v) is 8.09. The molecule has 0 radical (unpaired) electrons. The number of alkyl halides is 3. The number of nitrogens with one attached hydrogen (secondary N) is 2. The smallest absolute Gasteiger partial charge is 0.405 e. The van der Waals surface area contributed by atoms with E-state index in [1.807, 2.05) is 26.0 Å². The Morgan fingerprint density at radius 2 is 1.78 bits per heavy atom. The Bertz CT molecular complexity index is 835. The third kappa shape index (κ3) is 6.32. The van der Waals surface area contributed by atoms with Crippen LogP contribution in [0.1, 0.15) is 21.5 Å². The highest BCUT2D eigenvalue weighted by Crippen LogP contribution is 2.20. The molecule has 2 rings (SSSR count). The molecule has 2 aromatic rings. The van der Waals surface area contributed by atoms with Gasteiger partial charge in [0.2, 0.25) is 0 Å². The molecule has 2 amide bonds. The van der Waals surface area contributed by atoms with E-state index in [2.05, 4.69) is 5.32 Å². The van der Waals surface area contributed by atoms with Gasteiger partial charge in [-0.05, 0) is 43.2 Å². The van der Waals surface area contributed by atoms with E-state index in [-0.39, 0.29) is 17.9 Å². The minimum absolute atomic E-state index is 0.0677. The van der Waals surface area contributed by atoms with Gasteiger partial charge in [0.15, 0.2) is 6.61 Å². The van der Waals surface area contributed by atoms with Crippen LogP contribution in [-0.4, -0.2) is 31.1 Å². The second-order valence-corrected chi connectivity index (χ2v) is 5.95. The molecule has 5 nitrogen and oxygen atoms in total. The number of amides is 2. The molecule has 2 N–H and O–H groups in total. The van der Waals surface area contributed by atoms with Gasteiger partial charge in [-0.25, -0.2) is 0 Å². The maximum absolute atomic E-state index is 12.3. The summed E-state index contributed by atoms with van der Waals surface area (Å²) >= 11 is 0. The van der Waals surface area contributed by atoms with E-state index < -0.39 is 24.5 Å². The molecule has 144 valence electrons. The maximum atomic E-state index is 12.3. The molecule has 0 aliphatic heterocycles. The van der Waals surface area contributed by atoms with Crippen molar-refractivity contribution in [1.29, 1.82) is 0 Å². The Hall–Kier alpha value is -3.03. The molecule has 0 unspecified atom stereocenters. The van der Waals surface area contributed by atoms with E-state index >= 15 is 0 Å². The summed E-state index contributed by atoms with van der Waals surface area (Å²) in [7, 11) is 0. The van der Waals surface area contributed by atoms with Crippen LogP contribution in [0.25, 0.3) is 0 Å². The molecule has 0 atom stereocenters. The summed E-state index contributed by atoms with van der Waals surface area (Å²) in [5.41, 5.74) is 1.87. The quantitative estimate of drug-likeness (QED) is 0.805. The van der Waals surface area contributed by atoms with Gasteiger partial charge in [-0.3, -0.25) is 9.59 Å². The highest BCUT2D eigenvalue weighted by Gasteiger charge is 2.28. The van der Waals surface area contributed by atoms with Crippen molar-refractivity contribution in [1.82, 2.24) is 5.32 Å². The van der Waals surface area contributed by atoms with Gasteiger partial charge in [-0.2, -0.15) is 13.2 Å². The fourth-order valence-corrected chi connectivity index (χ4v) is 2.26. The molecule has 0 aliphatic carbocycles. The van der Waals surface area contributed by atoms with Crippen molar-refractivity contribution in [3.8, 4) is 5.75 Å². The van der Waals surface area contributed by atoms with Crippen LogP contribution in [0.5, 0.6) is 5.75 Å². The third-order valence-corrected chi connectivity index (χ3v) is 3.60. The van der Waals surface area contributed by atoms with E-state index in [0.29, 0.717) is 5.75 Å². The lowest BCUT2D eigenvalue weighted by Crippen LogP contribution is -2.34. The number of aryl methyl sites for hydroxylation is 2. The number of carbonyl (C=O) groups excluding carboxylic acids is 2. The summed E-state index contributed by atoms with van der Waals surface area (Å²) in [4.78, 5) is 24.1. The van der Waals surface area contributed by atoms with Crippen LogP contribution in [0.3, 0.4) is 0 Å². The molecule has 0 saturated carbocycles. The van der Waals surface area contributed by atoms with Crippen LogP contribution in [0.2, 0.25) is 0 Å². The fourth-order valence-electron chi connectivity index (χ4n) is 2.26. The zero-order valence-electron chi connectivity index (χ0n) is 14.8. The minimum Gasteiger partial charge on any atom is -0.483 e. The largest absolute Gasteiger partial charge is 0.483 e. The second kappa shape index (κ2) is 8.57. The predicted molar refractivity (Wildman–Crippen MR) is 94.9 cm³/mol. The number of hydrogen-bond acceptors (Lipinski definition) is 3. The first-order valence-electron chi connectivity index (χ1n) is 8.09. The standard InChI is InChI=1S/C19H19F3N2O3/c1-12-7-8-13(2)16(9-12)27-10-17(25)24-15-6-4-3-5-14(15)18(26)23-11-19(20,21)22/h3-9H,10-11H2,1-2H3,(H,23,26)(H,24,25). The number of rotatable bonds is 6. The summed E-state index contributed by atoms with van der Waals surface area (Å²) in [6, 6.07) is 11.4. The van der Waals surface area contributed by atoms with Crippen molar-refractivity contribution < 1.29 is 27.5 Å². The number of carbonyl (C=O) groups is 2. The summed E-state index contributed by atoms with van der Waals surface area (Å²) in [6.07, 6.45) is -4.52. The first kappa shape index (κ1) is 20.3. The number of anilines is 1. The zero-order valence-corrected chi connectivity index (χ0v) is 14.8. The van der Waals surface area contributed by atoms with Gasteiger partial charge >= 0.3 is 6.18 Å². The van der Waals surface area contributed by atoms with Crippen LogP contribution in [0, 0.1) is 13.8 Å². The number of halogens is 3. The van der Waals surface area contributed by atoms with Crippen LogP contribution < -0.4 is 15.4 Å². The average molecular weight is 380 g/mol. The van der Waals surface area contributed by atoms with E-state index in [1.165, 1.54) is 18.2 Å². The molecule has 0 aromatic heterocycles. The van der Waals surface area contributed by atoms with Crippen LogP contribution in [-0.2, 0) is 4.79 Å². The monoisotopic (exact) mass is 380 g/mol. The van der Waals surface area contributed by atoms with Gasteiger partial charge < -0.3 is 15.4 Å². The van der Waals surface area contributed by atoms with Gasteiger partial charge in [-0.1, -0.05) is 24.3 Å². The normalized spacial score (nSPS) is 11.0. The lowest BCUT2D eigenvalue weighted by Gasteiger charge is -2.13. The van der Waals surface area contributed by atoms with E-state index in [9.17, 15) is 22.8 Å². The third-order valence-electron chi connectivity index (χ3n) is 3.60. The van der Waals surface area contributed by atoms with Gasteiger partial charge in [-0.15, -0.1) is 0 Å². The van der Waals surface area contributed by atoms with Gasteiger partial charge in [0.1, 0.15) is 12.3 Å². The summed E-state index contributed by atoms with van der Waals surface area (Å²) < 4.78 is 42.3. The van der Waals surface area contributed by atoms with Crippen molar-refractivity contribution in [2.75, 3.05) is 18.5 Å². The molecule has 0 bridgehead atoms. The molecule has 0 spiro atoms. The number of para-hydroxylation sites is 1. The molecule has 0 fully saturated rings. The van der Waals surface area contributed by atoms with E-state index in [4.69, 9.17) is 4.74 Å². The number of benzene rings is 2. The van der Waals surface area contributed by atoms with Crippen LogP contribution >= 0.6 is 0 Å². The fraction of sp³-hybridized carbons (Fsp3) is 0.263. The van der Waals surface area contributed by atoms with Crippen LogP contribution in [0.4, 0.5) is 18.9 Å². The van der Waals surface area contributed by atoms with Crippen molar-refractivity contribution in [2.24, 2.45) is 0 Å². The summed E-state index contributed by atoms with van der Waals surface area (Å²) in [5, 5.41) is 4.26. The average Bonchev–Trinajstić information content (AvgIpc) is 2.60. The minimum atomic E-state index is -4.52. The predicted octanol–water partition coefficient (Wildman–Crippen LogP) is 3.61. The molecule has 0 aliphatic rings. The van der Waals surface area contributed by atoms with Gasteiger partial charge in [0, 0.05) is 0 Å². The highest BCUT2D eigenvalue weighted by atomic mass is 19.4. The molecule has 2 aromatic carbocycles. The van der Waals surface area contributed by atoms with Gasteiger partial charge in [0.25, 0.3) is 11.8 Å². The van der Waals surface area contributed by atoms with Crippen LogP contribution in [0.15, 0.2) is 42.5 Å². The Morgan fingerprint density at radius 3 is 2.48 bits per heavy atom. The first-order chi connectivity index (χ1) is 12.7. The van der Waals surface area contributed by atoms with E-state index in [0.717, 1.165) is 11.1 Å². The topological polar surface area (TPSA) is 67.4 Å². The van der Waals surface area contributed by atoms with Crippen molar-refractivity contribution in [2.45, 2.75) is 20.0 Å². The Balaban J connectivity index is 2.01. The molecule has 8 heteroatoms. The molecule has 0 heterocycles. The Kier molecular flexibility index (Phi) is 6.44. The second-order valence-electron chi connectivity index (χ2n) is 5.95. The summed E-state index contributed by atoms with van der Waals surface area (Å²) in [5.74, 6) is -0.910. The van der Waals surface area contributed by atoms with Crippen molar-refractivity contribution >= 4 is 17.5 Å². The molecular formula is C19H19F3N2O3. The number of hydrogen-bond donors (Lipinski definition) is 2. The van der Waals surface area contributed by atoms with E-state index in [1.54, 1.807) is 17.4 Å². The van der Waals surface area contributed by atoms with Crippen molar-refractivity contribution in [3.05, 3.63) is 59.2 Å². The lowest BCUT2D eigenvalue weighted by atomic mass is 10.1. The lowest BCUT2D eigenvalue weighted by molar-refractivity contribution is -0.123. The zero-order chi connectivity index (χ0) is 20.0. The Labute approximate surface area is 154 Å². The number of ether oxygens (including phenoxy) is 1. The maximum Gasteiger partial charge on any atom is 0.405 e. The molecule has 0 saturated heterocycles.